The van der Waals surface area contributed by atoms with Crippen molar-refractivity contribution < 1.29 is 0 Å². The number of nitrogens with zero attached hydrogens (tertiary/aromatic N) is 1. The van der Waals surface area contributed by atoms with Gasteiger partial charge in [-0.15, -0.1) is 11.3 Å². The summed E-state index contributed by atoms with van der Waals surface area (Å²) in [5.41, 5.74) is 7.79. The monoisotopic (exact) mass is 236 g/mol. The minimum Gasteiger partial charge on any atom is -0.326 e. The minimum absolute atomic E-state index is 0.571. The molecule has 4 heteroatoms. The Balaban J connectivity index is 2.24. The zero-order valence-corrected chi connectivity index (χ0v) is 10.1. The van der Waals surface area contributed by atoms with Crippen molar-refractivity contribution in [1.82, 2.24) is 4.98 Å². The molecule has 0 bridgehead atoms. The van der Waals surface area contributed by atoms with Gasteiger partial charge in [0.2, 0.25) is 0 Å². The number of hydrogen-bond donors (Lipinski definition) is 1. The zero-order chi connectivity index (χ0) is 10.7. The molecular weight excluding hydrogens is 224 g/mol. The molecule has 0 aromatic carbocycles. The predicted octanol–water partition coefficient (Wildman–Crippen LogP) is 3.06. The maximum absolute atomic E-state index is 5.63. The second kappa shape index (κ2) is 4.79. The van der Waals surface area contributed by atoms with Gasteiger partial charge in [0.15, 0.2) is 0 Å². The minimum atomic E-state index is 0.571. The Morgan fingerprint density at radius 1 is 1.47 bits per heavy atom. The van der Waals surface area contributed by atoms with Crippen LogP contribution in [-0.4, -0.2) is 4.98 Å². The third-order valence-corrected chi connectivity index (χ3v) is 3.88. The fourth-order valence-electron chi connectivity index (χ4n) is 1.30. The van der Waals surface area contributed by atoms with Crippen LogP contribution < -0.4 is 5.73 Å². The van der Waals surface area contributed by atoms with Crippen LogP contribution in [0.25, 0.3) is 0 Å². The molecule has 0 radical (unpaired) electrons. The molecule has 0 aliphatic heterocycles. The molecule has 2 N–H and O–H groups in total. The van der Waals surface area contributed by atoms with Crippen LogP contribution in [0.2, 0.25) is 0 Å². The van der Waals surface area contributed by atoms with Crippen LogP contribution in [-0.2, 0) is 6.54 Å². The topological polar surface area (TPSA) is 38.9 Å². The predicted molar refractivity (Wildman–Crippen MR) is 65.3 cm³/mol. The number of thiophene rings is 1. The van der Waals surface area contributed by atoms with E-state index in [9.17, 15) is 0 Å². The summed E-state index contributed by atoms with van der Waals surface area (Å²) in [6.07, 6.45) is 0. The first-order valence-electron chi connectivity index (χ1n) is 4.67. The Bertz CT molecular complexity index is 438. The van der Waals surface area contributed by atoms with Gasteiger partial charge in [0.1, 0.15) is 5.03 Å². The van der Waals surface area contributed by atoms with Crippen molar-refractivity contribution in [2.75, 3.05) is 0 Å². The quantitative estimate of drug-likeness (QED) is 0.890. The fourth-order valence-corrected chi connectivity index (χ4v) is 3.12. The van der Waals surface area contributed by atoms with Crippen LogP contribution in [0.1, 0.15) is 11.3 Å². The van der Waals surface area contributed by atoms with E-state index in [0.717, 1.165) is 16.3 Å². The van der Waals surface area contributed by atoms with E-state index in [1.807, 2.05) is 19.1 Å². The average molecular weight is 236 g/mol. The lowest BCUT2D eigenvalue weighted by Crippen LogP contribution is -1.98. The summed E-state index contributed by atoms with van der Waals surface area (Å²) in [4.78, 5) is 4.47. The van der Waals surface area contributed by atoms with E-state index in [-0.39, 0.29) is 0 Å². The van der Waals surface area contributed by atoms with Gasteiger partial charge in [0.25, 0.3) is 0 Å². The number of pyridine rings is 1. The number of rotatable bonds is 3. The van der Waals surface area contributed by atoms with Gasteiger partial charge in [-0.2, -0.15) is 0 Å². The van der Waals surface area contributed by atoms with Crippen molar-refractivity contribution >= 4 is 23.1 Å². The van der Waals surface area contributed by atoms with Gasteiger partial charge in [-0.3, -0.25) is 0 Å². The first-order valence-corrected chi connectivity index (χ1v) is 6.36. The SMILES string of the molecule is Cc1cc(CN)cc(Sc2cccs2)n1. The molecule has 0 saturated carbocycles. The van der Waals surface area contributed by atoms with Crippen molar-refractivity contribution in [1.29, 1.82) is 0 Å². The van der Waals surface area contributed by atoms with E-state index < -0.39 is 0 Å². The molecule has 0 spiro atoms. The van der Waals surface area contributed by atoms with Crippen molar-refractivity contribution in [2.45, 2.75) is 22.7 Å². The maximum atomic E-state index is 5.63. The Morgan fingerprint density at radius 2 is 2.33 bits per heavy atom. The molecule has 2 aromatic heterocycles. The van der Waals surface area contributed by atoms with Crippen molar-refractivity contribution in [3.05, 3.63) is 40.9 Å². The first-order chi connectivity index (χ1) is 7.28. The molecule has 2 aromatic rings. The zero-order valence-electron chi connectivity index (χ0n) is 8.43. The highest BCUT2D eigenvalue weighted by atomic mass is 32.2. The summed E-state index contributed by atoms with van der Waals surface area (Å²) in [5.74, 6) is 0. The molecule has 78 valence electrons. The Hall–Kier alpha value is -0.840. The maximum Gasteiger partial charge on any atom is 0.102 e. The largest absolute Gasteiger partial charge is 0.326 e. The number of aryl methyl sites for hydroxylation is 1. The molecule has 2 rings (SSSR count). The number of nitrogens with two attached hydrogens (primary N) is 1. The van der Waals surface area contributed by atoms with Gasteiger partial charge in [-0.05, 0) is 36.1 Å². The molecule has 0 amide bonds. The van der Waals surface area contributed by atoms with E-state index in [0.29, 0.717) is 6.54 Å². The van der Waals surface area contributed by atoms with E-state index >= 15 is 0 Å². The van der Waals surface area contributed by atoms with E-state index in [4.69, 9.17) is 5.73 Å². The molecule has 0 fully saturated rings. The standard InChI is InChI=1S/C11H12N2S2/c1-8-5-9(7-12)6-10(13-8)15-11-3-2-4-14-11/h2-6H,7,12H2,1H3. The highest BCUT2D eigenvalue weighted by Gasteiger charge is 2.02. The van der Waals surface area contributed by atoms with Crippen molar-refractivity contribution in [3.8, 4) is 0 Å². The van der Waals surface area contributed by atoms with Gasteiger partial charge in [-0.1, -0.05) is 17.8 Å². The molecule has 0 unspecified atom stereocenters. The summed E-state index contributed by atoms with van der Waals surface area (Å²) in [6.45, 7) is 2.57. The van der Waals surface area contributed by atoms with Crippen LogP contribution in [0.5, 0.6) is 0 Å². The van der Waals surface area contributed by atoms with Gasteiger partial charge >= 0.3 is 0 Å². The molecule has 15 heavy (non-hydrogen) atoms. The summed E-state index contributed by atoms with van der Waals surface area (Å²) < 4.78 is 1.26. The smallest absolute Gasteiger partial charge is 0.102 e. The fraction of sp³-hybridized carbons (Fsp3) is 0.182. The van der Waals surface area contributed by atoms with Crippen molar-refractivity contribution in [2.24, 2.45) is 5.73 Å². The molecular formula is C11H12N2S2. The van der Waals surface area contributed by atoms with Crippen LogP contribution in [0.15, 0.2) is 38.9 Å². The van der Waals surface area contributed by atoms with Crippen molar-refractivity contribution in [3.63, 3.8) is 0 Å². The summed E-state index contributed by atoms with van der Waals surface area (Å²) in [6, 6.07) is 8.23. The molecule has 0 aliphatic carbocycles. The number of aromatic nitrogens is 1. The highest BCUT2D eigenvalue weighted by molar-refractivity contribution is 8.01. The average Bonchev–Trinajstić information content (AvgIpc) is 2.69. The van der Waals surface area contributed by atoms with E-state index in [2.05, 4.69) is 22.5 Å². The Labute approximate surface area is 97.5 Å². The summed E-state index contributed by atoms with van der Waals surface area (Å²) in [5, 5.41) is 3.10. The number of hydrogen-bond acceptors (Lipinski definition) is 4. The third kappa shape index (κ3) is 2.81. The lowest BCUT2D eigenvalue weighted by Gasteiger charge is -2.03. The van der Waals surface area contributed by atoms with E-state index in [1.165, 1.54) is 4.21 Å². The lowest BCUT2D eigenvalue weighted by atomic mass is 10.2. The van der Waals surface area contributed by atoms with E-state index in [1.54, 1.807) is 23.1 Å². The molecule has 2 heterocycles. The van der Waals surface area contributed by atoms with Gasteiger partial charge < -0.3 is 5.73 Å². The second-order valence-electron chi connectivity index (χ2n) is 3.19. The van der Waals surface area contributed by atoms with Gasteiger partial charge in [0, 0.05) is 12.2 Å². The summed E-state index contributed by atoms with van der Waals surface area (Å²) in [7, 11) is 0. The van der Waals surface area contributed by atoms with Crippen LogP contribution >= 0.6 is 23.1 Å². The molecule has 0 atom stereocenters. The Kier molecular flexibility index (Phi) is 3.41. The molecule has 0 saturated heterocycles. The molecule has 2 nitrogen and oxygen atoms in total. The first kappa shape index (κ1) is 10.7. The Morgan fingerprint density at radius 3 is 3.00 bits per heavy atom. The lowest BCUT2D eigenvalue weighted by molar-refractivity contribution is 0.987. The van der Waals surface area contributed by atoms with Gasteiger partial charge in [0.05, 0.1) is 4.21 Å². The van der Waals surface area contributed by atoms with Crippen LogP contribution in [0.4, 0.5) is 0 Å². The second-order valence-corrected chi connectivity index (χ2v) is 5.46. The third-order valence-electron chi connectivity index (χ3n) is 1.93. The highest BCUT2D eigenvalue weighted by Crippen LogP contribution is 2.30. The summed E-state index contributed by atoms with van der Waals surface area (Å²) >= 11 is 3.42. The van der Waals surface area contributed by atoms with Crippen LogP contribution in [0.3, 0.4) is 0 Å². The van der Waals surface area contributed by atoms with Crippen LogP contribution in [0, 0.1) is 6.92 Å². The van der Waals surface area contributed by atoms with Gasteiger partial charge in [-0.25, -0.2) is 4.98 Å². The molecule has 0 aliphatic rings. The normalized spacial score (nSPS) is 10.5.